The Bertz CT molecular complexity index is 1020. The Kier molecular flexibility index (Phi) is 4.31. The minimum atomic E-state index is -0.991. The number of pyridine rings is 1. The van der Waals surface area contributed by atoms with Gasteiger partial charge in [0.15, 0.2) is 0 Å². The van der Waals surface area contributed by atoms with Crippen molar-refractivity contribution in [2.45, 2.75) is 26.1 Å². The third-order valence-electron chi connectivity index (χ3n) is 4.75. The molecule has 1 aliphatic heterocycles. The minimum absolute atomic E-state index is 0.177. The molecular weight excluding hydrogens is 371 g/mol. The number of aromatic nitrogens is 3. The van der Waals surface area contributed by atoms with E-state index in [9.17, 15) is 14.3 Å². The van der Waals surface area contributed by atoms with Crippen molar-refractivity contribution in [2.75, 3.05) is 0 Å². The molecule has 1 N–H and O–H groups in total. The fourth-order valence-electron chi connectivity index (χ4n) is 3.42. The van der Waals surface area contributed by atoms with Crippen LogP contribution in [-0.4, -0.2) is 36.9 Å². The number of benzene rings is 1. The van der Waals surface area contributed by atoms with Gasteiger partial charge in [-0.1, -0.05) is 11.6 Å². The summed E-state index contributed by atoms with van der Waals surface area (Å²) in [6.45, 7) is 2.40. The summed E-state index contributed by atoms with van der Waals surface area (Å²) in [6.07, 6.45) is 2.29. The highest BCUT2D eigenvalue weighted by Gasteiger charge is 2.32. The summed E-state index contributed by atoms with van der Waals surface area (Å²) in [5.74, 6) is -0.476. The topological polar surface area (TPSA) is 71.2 Å². The molecule has 27 heavy (non-hydrogen) atoms. The summed E-state index contributed by atoms with van der Waals surface area (Å²) in [5, 5.41) is 14.4. The highest BCUT2D eigenvalue weighted by molar-refractivity contribution is 6.30. The van der Waals surface area contributed by atoms with E-state index in [-0.39, 0.29) is 12.6 Å². The Balaban J connectivity index is 1.95. The largest absolute Gasteiger partial charge is 0.465 e. The van der Waals surface area contributed by atoms with E-state index in [1.807, 2.05) is 6.92 Å². The molecule has 1 atom stereocenters. The summed E-state index contributed by atoms with van der Waals surface area (Å²) in [7, 11) is 0. The van der Waals surface area contributed by atoms with Gasteiger partial charge in [0.25, 0.3) is 0 Å². The lowest BCUT2D eigenvalue weighted by molar-refractivity contribution is 0.105. The second-order valence-electron chi connectivity index (χ2n) is 6.47. The van der Waals surface area contributed by atoms with Crippen LogP contribution in [0.4, 0.5) is 9.18 Å². The molecule has 1 aliphatic rings. The average Bonchev–Trinajstić information content (AvgIpc) is 2.99. The number of hydrogen-bond donors (Lipinski definition) is 1. The number of fused-ring (bicyclic) bond motifs is 1. The van der Waals surface area contributed by atoms with Gasteiger partial charge in [-0.2, -0.15) is 5.10 Å². The van der Waals surface area contributed by atoms with Crippen LogP contribution in [0, 0.1) is 5.82 Å². The highest BCUT2D eigenvalue weighted by Crippen LogP contribution is 2.38. The van der Waals surface area contributed by atoms with Crippen molar-refractivity contribution in [3.63, 3.8) is 0 Å². The zero-order valence-electron chi connectivity index (χ0n) is 14.4. The van der Waals surface area contributed by atoms with E-state index in [2.05, 4.69) is 10.1 Å². The van der Waals surface area contributed by atoms with Gasteiger partial charge >= 0.3 is 6.09 Å². The van der Waals surface area contributed by atoms with Gasteiger partial charge < -0.3 is 5.11 Å². The van der Waals surface area contributed by atoms with Gasteiger partial charge in [-0.15, -0.1) is 0 Å². The molecule has 1 amide bonds. The van der Waals surface area contributed by atoms with Crippen LogP contribution < -0.4 is 0 Å². The Labute approximate surface area is 159 Å². The van der Waals surface area contributed by atoms with Crippen molar-refractivity contribution < 1.29 is 14.3 Å². The molecule has 0 spiro atoms. The first-order valence-electron chi connectivity index (χ1n) is 8.40. The van der Waals surface area contributed by atoms with Crippen molar-refractivity contribution in [3.8, 4) is 22.4 Å². The molecule has 8 heteroatoms. The molecule has 6 nitrogen and oxygen atoms in total. The van der Waals surface area contributed by atoms with Crippen LogP contribution in [0.25, 0.3) is 22.4 Å². The van der Waals surface area contributed by atoms with E-state index in [0.717, 1.165) is 11.3 Å². The molecule has 138 valence electrons. The molecule has 0 saturated heterocycles. The van der Waals surface area contributed by atoms with E-state index in [0.29, 0.717) is 28.4 Å². The van der Waals surface area contributed by atoms with Crippen LogP contribution in [-0.2, 0) is 13.1 Å². The van der Waals surface area contributed by atoms with E-state index in [1.54, 1.807) is 41.3 Å². The third-order valence-corrected chi connectivity index (χ3v) is 4.98. The van der Waals surface area contributed by atoms with Crippen LogP contribution in [0.5, 0.6) is 0 Å². The number of halogens is 2. The smallest absolute Gasteiger partial charge is 0.407 e. The Hall–Kier alpha value is -2.93. The summed E-state index contributed by atoms with van der Waals surface area (Å²) < 4.78 is 16.4. The molecule has 0 saturated carbocycles. The van der Waals surface area contributed by atoms with E-state index in [4.69, 9.17) is 11.6 Å². The quantitative estimate of drug-likeness (QED) is 0.713. The van der Waals surface area contributed by atoms with Crippen molar-refractivity contribution in [3.05, 3.63) is 59.3 Å². The number of amides is 1. The van der Waals surface area contributed by atoms with E-state index in [1.165, 1.54) is 11.0 Å². The predicted octanol–water partition coefficient (Wildman–Crippen LogP) is 4.29. The lowest BCUT2D eigenvalue weighted by Crippen LogP contribution is -2.44. The predicted molar refractivity (Wildman–Crippen MR) is 98.9 cm³/mol. The second kappa shape index (κ2) is 6.66. The van der Waals surface area contributed by atoms with Gasteiger partial charge in [0, 0.05) is 28.5 Å². The van der Waals surface area contributed by atoms with Crippen LogP contribution in [0.15, 0.2) is 42.7 Å². The van der Waals surface area contributed by atoms with Crippen molar-refractivity contribution >= 4 is 17.7 Å². The van der Waals surface area contributed by atoms with Gasteiger partial charge in [0.1, 0.15) is 11.5 Å². The molecule has 0 fully saturated rings. The first-order valence-corrected chi connectivity index (χ1v) is 8.78. The van der Waals surface area contributed by atoms with Crippen molar-refractivity contribution in [1.29, 1.82) is 0 Å². The fraction of sp³-hybridized carbons (Fsp3) is 0.211. The number of nitrogens with zero attached hydrogens (tertiary/aromatic N) is 4. The number of carboxylic acid groups (broad SMARTS) is 1. The molecule has 0 radical (unpaired) electrons. The first-order chi connectivity index (χ1) is 13.0. The number of rotatable bonds is 2. The molecule has 3 aromatic rings. The molecule has 0 unspecified atom stereocenters. The van der Waals surface area contributed by atoms with Gasteiger partial charge in [0.2, 0.25) is 0 Å². The fourth-order valence-corrected chi connectivity index (χ4v) is 3.58. The van der Waals surface area contributed by atoms with Crippen molar-refractivity contribution in [2.24, 2.45) is 0 Å². The van der Waals surface area contributed by atoms with Crippen LogP contribution in [0.1, 0.15) is 12.6 Å². The Morgan fingerprint density at radius 1 is 1.30 bits per heavy atom. The summed E-state index contributed by atoms with van der Waals surface area (Å²) in [6, 6.07) is 7.83. The van der Waals surface area contributed by atoms with Crippen LogP contribution >= 0.6 is 11.6 Å². The summed E-state index contributed by atoms with van der Waals surface area (Å²) >= 11 is 5.89. The maximum absolute atomic E-state index is 14.6. The molecule has 1 aromatic carbocycles. The normalized spacial score (nSPS) is 16.3. The molecule has 0 aliphatic carbocycles. The average molecular weight is 387 g/mol. The van der Waals surface area contributed by atoms with Gasteiger partial charge in [-0.3, -0.25) is 14.6 Å². The summed E-state index contributed by atoms with van der Waals surface area (Å²) in [4.78, 5) is 17.0. The van der Waals surface area contributed by atoms with Crippen molar-refractivity contribution in [1.82, 2.24) is 19.7 Å². The minimum Gasteiger partial charge on any atom is -0.465 e. The molecule has 0 bridgehead atoms. The van der Waals surface area contributed by atoms with Gasteiger partial charge in [0.05, 0.1) is 24.8 Å². The zero-order chi connectivity index (χ0) is 19.1. The van der Waals surface area contributed by atoms with Gasteiger partial charge in [-0.05, 0) is 42.8 Å². The number of hydrogen-bond acceptors (Lipinski definition) is 3. The maximum atomic E-state index is 14.6. The lowest BCUT2D eigenvalue weighted by atomic mass is 9.98. The molecule has 2 aromatic heterocycles. The third kappa shape index (κ3) is 3.04. The van der Waals surface area contributed by atoms with Crippen LogP contribution in [0.2, 0.25) is 5.02 Å². The highest BCUT2D eigenvalue weighted by atomic mass is 35.5. The zero-order valence-corrected chi connectivity index (χ0v) is 15.2. The Morgan fingerprint density at radius 2 is 2.04 bits per heavy atom. The summed E-state index contributed by atoms with van der Waals surface area (Å²) in [5.41, 5.74) is 3.02. The number of carbonyl (C=O) groups is 1. The van der Waals surface area contributed by atoms with E-state index < -0.39 is 11.9 Å². The molecule has 3 heterocycles. The van der Waals surface area contributed by atoms with Gasteiger partial charge in [-0.25, -0.2) is 9.18 Å². The second-order valence-corrected chi connectivity index (χ2v) is 6.91. The maximum Gasteiger partial charge on any atom is 0.407 e. The molecule has 4 rings (SSSR count). The standard InChI is InChI=1S/C19H16ClFN4O2/c1-11-9-25-16(10-24(11)19(26)27)17(12-4-6-22-7-5-12)18(23-25)14-3-2-13(20)8-15(14)21/h2-8,11H,9-10H2,1H3,(H,26,27)/t11-/m0/s1. The van der Waals surface area contributed by atoms with Crippen LogP contribution in [0.3, 0.4) is 0 Å². The van der Waals surface area contributed by atoms with E-state index >= 15 is 0 Å². The Morgan fingerprint density at radius 3 is 2.70 bits per heavy atom. The molecular formula is C19H16ClFN4O2. The SMILES string of the molecule is C[C@H]1Cn2nc(-c3ccc(Cl)cc3F)c(-c3ccncc3)c2CN1C(=O)O. The first kappa shape index (κ1) is 17.5. The monoisotopic (exact) mass is 386 g/mol. The lowest BCUT2D eigenvalue weighted by Gasteiger charge is -2.32.